The van der Waals surface area contributed by atoms with Crippen LogP contribution in [0.15, 0.2) is 16.9 Å². The molecule has 0 saturated heterocycles. The molecule has 0 aromatic carbocycles. The van der Waals surface area contributed by atoms with Gasteiger partial charge in [0.1, 0.15) is 0 Å². The molecule has 0 atom stereocenters. The van der Waals surface area contributed by atoms with Gasteiger partial charge in [0, 0.05) is 1.43 Å². The van der Waals surface area contributed by atoms with Crippen LogP contribution in [0.1, 0.15) is 31.1 Å². The highest BCUT2D eigenvalue weighted by Crippen LogP contribution is 2.74. The molecular formula is C9H22S8. The molecule has 0 bridgehead atoms. The molecule has 8 heteroatoms. The van der Waals surface area contributed by atoms with E-state index in [0.717, 1.165) is 16.9 Å². The van der Waals surface area contributed by atoms with E-state index in [-0.39, 0.29) is 33.9 Å². The minimum absolute atomic E-state index is 0. The van der Waals surface area contributed by atoms with Crippen LogP contribution in [0.3, 0.4) is 0 Å². The van der Waals surface area contributed by atoms with Gasteiger partial charge in [-0.3, -0.25) is 0 Å². The predicted molar refractivity (Wildman–Crippen MR) is 112 cm³/mol. The Hall–Kier alpha value is 2.28. The number of rotatable bonds is 0. The Labute approximate surface area is 147 Å². The van der Waals surface area contributed by atoms with E-state index < -0.39 is 0 Å². The van der Waals surface area contributed by atoms with E-state index in [2.05, 4.69) is 50.5 Å². The summed E-state index contributed by atoms with van der Waals surface area (Å²) in [6.07, 6.45) is 0. The van der Waals surface area contributed by atoms with Gasteiger partial charge in [-0.15, -0.1) is 50.5 Å². The third-order valence-corrected chi connectivity index (χ3v) is 10.0. The molecule has 0 N–H and O–H groups in total. The largest absolute Gasteiger partial charge is 0.173 e. The second-order valence-electron chi connectivity index (χ2n) is 2.13. The van der Waals surface area contributed by atoms with Crippen LogP contribution in [0.2, 0.25) is 0 Å². The Kier molecular flexibility index (Phi) is 13.2. The van der Waals surface area contributed by atoms with Crippen LogP contribution in [-0.4, -0.2) is 2.74 Å². The molecule has 2 rings (SSSR count). The van der Waals surface area contributed by atoms with E-state index >= 15 is 0 Å². The summed E-state index contributed by atoms with van der Waals surface area (Å²) in [5.74, 6) is 0. The lowest BCUT2D eigenvalue weighted by molar-refractivity contribution is 1.96. The van der Waals surface area contributed by atoms with Gasteiger partial charge in [-0.1, -0.05) is 76.8 Å². The molecule has 0 aliphatic carbocycles. The van der Waals surface area contributed by atoms with E-state index in [1.54, 1.807) is 47.0 Å². The summed E-state index contributed by atoms with van der Waals surface area (Å²) in [5.41, 5.74) is 0. The SMILES string of the molecule is C.C.C.C.SC1=C(S)SC2(S1)SC(S)=C(S)S2.[2HH]. The van der Waals surface area contributed by atoms with Crippen molar-refractivity contribution in [2.24, 2.45) is 0 Å². The van der Waals surface area contributed by atoms with E-state index in [1.165, 1.54) is 0 Å². The third-order valence-electron chi connectivity index (χ3n) is 1.25. The smallest absolute Gasteiger partial charge is 0.135 e. The van der Waals surface area contributed by atoms with Crippen LogP contribution in [0, 0.1) is 0 Å². The quantitative estimate of drug-likeness (QED) is 0.321. The maximum absolute atomic E-state index is 4.35. The molecule has 17 heavy (non-hydrogen) atoms. The number of thiol groups is 4. The molecule has 0 unspecified atom stereocenters. The zero-order valence-corrected chi connectivity index (χ0v) is 12.8. The van der Waals surface area contributed by atoms with E-state index in [1.807, 2.05) is 0 Å². The summed E-state index contributed by atoms with van der Waals surface area (Å²) < 4.78 is 3.92. The molecule has 2 aliphatic rings. The lowest BCUT2D eigenvalue weighted by Gasteiger charge is -2.18. The Morgan fingerprint density at radius 2 is 0.765 bits per heavy atom. The monoisotopic (exact) mass is 387 g/mol. The van der Waals surface area contributed by atoms with Gasteiger partial charge in [0.2, 0.25) is 0 Å². The summed E-state index contributed by atoms with van der Waals surface area (Å²) >= 11 is 24.2. The fourth-order valence-corrected chi connectivity index (χ4v) is 11.0. The Morgan fingerprint density at radius 3 is 0.941 bits per heavy atom. The Morgan fingerprint density at radius 1 is 0.588 bits per heavy atom. The molecule has 0 fully saturated rings. The summed E-state index contributed by atoms with van der Waals surface area (Å²) in [7, 11) is 0. The second-order valence-corrected chi connectivity index (χ2v) is 11.6. The summed E-state index contributed by atoms with van der Waals surface area (Å²) in [6, 6.07) is 0. The van der Waals surface area contributed by atoms with Crippen molar-refractivity contribution in [3.8, 4) is 0 Å². The van der Waals surface area contributed by atoms with Gasteiger partial charge >= 0.3 is 0 Å². The standard InChI is InChI=1S/C5H4S8.4CH4.H2/c6-1-2(7)11-5(10-1)12-3(8)4(9)13-5;;;;;/h6-9H;4*1H4;1H/i;;;;;1+1. The first kappa shape index (κ1) is 24.3. The average Bonchev–Trinajstić information content (AvgIpc) is 2.39. The van der Waals surface area contributed by atoms with Gasteiger partial charge in [0.25, 0.3) is 0 Å². The number of thioether (sulfide) groups is 4. The normalized spacial score (nSPS) is 20.5. The third kappa shape index (κ3) is 5.28. The Balaban J connectivity index is -0.000000196. The first-order valence-corrected chi connectivity index (χ1v) is 8.08. The van der Waals surface area contributed by atoms with Gasteiger partial charge in [0.15, 0.2) is 2.74 Å². The van der Waals surface area contributed by atoms with Crippen molar-refractivity contribution in [1.82, 2.24) is 0 Å². The van der Waals surface area contributed by atoms with Crippen LogP contribution in [0.25, 0.3) is 0 Å². The van der Waals surface area contributed by atoms with Gasteiger partial charge < -0.3 is 0 Å². The maximum Gasteiger partial charge on any atom is 0.173 e. The van der Waals surface area contributed by atoms with Crippen LogP contribution < -0.4 is 0 Å². The zero-order chi connectivity index (χ0) is 9.64. The molecular weight excluding hydrogens is 365 g/mol. The molecule has 0 aromatic rings. The molecule has 106 valence electrons. The molecule has 0 amide bonds. The second kappa shape index (κ2) is 9.26. The van der Waals surface area contributed by atoms with Crippen LogP contribution in [-0.2, 0) is 0 Å². The van der Waals surface area contributed by atoms with Gasteiger partial charge in [-0.2, -0.15) is 0 Å². The van der Waals surface area contributed by atoms with Crippen molar-refractivity contribution in [3.63, 3.8) is 0 Å². The van der Waals surface area contributed by atoms with Crippen molar-refractivity contribution in [2.75, 3.05) is 0 Å². The van der Waals surface area contributed by atoms with Gasteiger partial charge in [-0.05, 0) is 0 Å². The van der Waals surface area contributed by atoms with Crippen molar-refractivity contribution >= 4 is 97.6 Å². The molecule has 0 aromatic heterocycles. The maximum atomic E-state index is 4.35. The predicted octanol–water partition coefficient (Wildman–Crippen LogP) is 7.32. The summed E-state index contributed by atoms with van der Waals surface area (Å²) in [5, 5.41) is 0. The highest BCUT2D eigenvalue weighted by molar-refractivity contribution is 8.58. The molecule has 2 heterocycles. The van der Waals surface area contributed by atoms with Gasteiger partial charge in [-0.25, -0.2) is 0 Å². The molecule has 2 aliphatic heterocycles. The number of hydrogen-bond donors (Lipinski definition) is 4. The number of hydrogen-bond acceptors (Lipinski definition) is 8. The zero-order valence-electron chi connectivity index (χ0n) is 5.92. The van der Waals surface area contributed by atoms with Crippen molar-refractivity contribution in [1.29, 1.82) is 0 Å². The molecule has 0 nitrogen and oxygen atoms in total. The first-order chi connectivity index (χ1) is 6.02. The average molecular weight is 388 g/mol. The fraction of sp³-hybridized carbons (Fsp3) is 0.556. The highest BCUT2D eigenvalue weighted by atomic mass is 32.3. The van der Waals surface area contributed by atoms with Gasteiger partial charge in [0.05, 0.1) is 16.9 Å². The van der Waals surface area contributed by atoms with Crippen LogP contribution in [0.4, 0.5) is 0 Å². The highest BCUT2D eigenvalue weighted by Gasteiger charge is 2.46. The van der Waals surface area contributed by atoms with Crippen molar-refractivity contribution < 1.29 is 1.43 Å². The lowest BCUT2D eigenvalue weighted by Crippen LogP contribution is -1.99. The fourth-order valence-electron chi connectivity index (χ4n) is 0.773. The van der Waals surface area contributed by atoms with Crippen LogP contribution in [0.5, 0.6) is 0 Å². The minimum atomic E-state index is -0.0116. The van der Waals surface area contributed by atoms with E-state index in [0.29, 0.717) is 0 Å². The topological polar surface area (TPSA) is 0 Å². The summed E-state index contributed by atoms with van der Waals surface area (Å²) in [6.45, 7) is 0. The first-order valence-electron chi connectivity index (χ1n) is 3.03. The Bertz CT molecular complexity index is 261. The lowest BCUT2D eigenvalue weighted by atomic mass is 11.2. The van der Waals surface area contributed by atoms with Crippen molar-refractivity contribution in [2.45, 2.75) is 32.4 Å². The van der Waals surface area contributed by atoms with E-state index in [4.69, 9.17) is 0 Å². The van der Waals surface area contributed by atoms with Crippen LogP contribution >= 0.6 is 97.6 Å². The molecule has 0 radical (unpaired) electrons. The minimum Gasteiger partial charge on any atom is -0.135 e. The summed E-state index contributed by atoms with van der Waals surface area (Å²) in [4.78, 5) is 0. The van der Waals surface area contributed by atoms with Crippen molar-refractivity contribution in [3.05, 3.63) is 16.9 Å². The van der Waals surface area contributed by atoms with E-state index in [9.17, 15) is 0 Å². The molecule has 1 spiro atoms. The molecule has 0 saturated carbocycles.